The highest BCUT2D eigenvalue weighted by Gasteiger charge is 2.19. The summed E-state index contributed by atoms with van der Waals surface area (Å²) >= 11 is 6.35. The molecule has 0 aliphatic rings. The van der Waals surface area contributed by atoms with E-state index in [4.69, 9.17) is 11.6 Å². The van der Waals surface area contributed by atoms with Gasteiger partial charge in [0.2, 0.25) is 0 Å². The highest BCUT2D eigenvalue weighted by atomic mass is 35.5. The maximum absolute atomic E-state index is 10.00. The van der Waals surface area contributed by atoms with Gasteiger partial charge in [0.25, 0.3) is 0 Å². The van der Waals surface area contributed by atoms with Gasteiger partial charge >= 0.3 is 0 Å². The van der Waals surface area contributed by atoms with Crippen LogP contribution < -0.4 is 5.32 Å². The molecule has 0 fully saturated rings. The SMILES string of the molecule is C=C(C)CNc1c(Cl)cnc2ccc(-c3cnc(C(C)(C)O)nc3)cc12. The van der Waals surface area contributed by atoms with Crippen LogP contribution in [-0.4, -0.2) is 26.6 Å². The van der Waals surface area contributed by atoms with Crippen molar-refractivity contribution in [1.82, 2.24) is 15.0 Å². The Balaban J connectivity index is 2.05. The highest BCUT2D eigenvalue weighted by molar-refractivity contribution is 6.34. The number of halogens is 1. The van der Waals surface area contributed by atoms with Crippen molar-refractivity contribution in [2.45, 2.75) is 26.4 Å². The minimum Gasteiger partial charge on any atom is -0.382 e. The molecule has 0 atom stereocenters. The summed E-state index contributed by atoms with van der Waals surface area (Å²) in [7, 11) is 0. The molecule has 5 nitrogen and oxygen atoms in total. The number of anilines is 1. The minimum atomic E-state index is -1.07. The number of benzene rings is 1. The lowest BCUT2D eigenvalue weighted by atomic mass is 10.0. The molecule has 0 saturated carbocycles. The van der Waals surface area contributed by atoms with Gasteiger partial charge in [0.1, 0.15) is 5.60 Å². The Hall–Kier alpha value is -2.50. The van der Waals surface area contributed by atoms with Crippen LogP contribution in [0.5, 0.6) is 0 Å². The molecule has 0 bridgehead atoms. The van der Waals surface area contributed by atoms with Gasteiger partial charge in [-0.05, 0) is 38.5 Å². The van der Waals surface area contributed by atoms with E-state index in [0.29, 0.717) is 17.4 Å². The van der Waals surface area contributed by atoms with E-state index >= 15 is 0 Å². The first-order valence-corrected chi connectivity index (χ1v) is 8.65. The number of nitrogens with zero attached hydrogens (tertiary/aromatic N) is 3. The number of rotatable bonds is 5. The van der Waals surface area contributed by atoms with Crippen molar-refractivity contribution in [1.29, 1.82) is 0 Å². The fourth-order valence-corrected chi connectivity index (χ4v) is 2.78. The molecule has 2 aromatic heterocycles. The summed E-state index contributed by atoms with van der Waals surface area (Å²) < 4.78 is 0. The van der Waals surface area contributed by atoms with Crippen LogP contribution in [0.2, 0.25) is 5.02 Å². The Bertz CT molecular complexity index is 962. The van der Waals surface area contributed by atoms with Crippen molar-refractivity contribution in [2.75, 3.05) is 11.9 Å². The van der Waals surface area contributed by atoms with Gasteiger partial charge in [-0.25, -0.2) is 9.97 Å². The van der Waals surface area contributed by atoms with Crippen molar-refractivity contribution in [3.8, 4) is 11.1 Å². The molecule has 0 saturated heterocycles. The van der Waals surface area contributed by atoms with Crippen LogP contribution in [-0.2, 0) is 5.60 Å². The maximum Gasteiger partial charge on any atom is 0.159 e. The number of aliphatic hydroxyl groups is 1. The second-order valence-electron chi connectivity index (χ2n) is 6.88. The number of hydrogen-bond acceptors (Lipinski definition) is 5. The normalized spacial score (nSPS) is 11.6. The van der Waals surface area contributed by atoms with Gasteiger partial charge < -0.3 is 10.4 Å². The van der Waals surface area contributed by atoms with Crippen molar-refractivity contribution in [3.05, 3.63) is 59.8 Å². The van der Waals surface area contributed by atoms with E-state index in [9.17, 15) is 5.11 Å². The monoisotopic (exact) mass is 368 g/mol. The van der Waals surface area contributed by atoms with E-state index in [0.717, 1.165) is 33.3 Å². The molecule has 6 heteroatoms. The Morgan fingerprint density at radius 3 is 2.46 bits per heavy atom. The van der Waals surface area contributed by atoms with Crippen LogP contribution in [0.15, 0.2) is 48.9 Å². The third-order valence-corrected chi connectivity index (χ3v) is 4.21. The lowest BCUT2D eigenvalue weighted by Crippen LogP contribution is -2.19. The topological polar surface area (TPSA) is 70.9 Å². The Morgan fingerprint density at radius 1 is 1.15 bits per heavy atom. The van der Waals surface area contributed by atoms with E-state index in [1.807, 2.05) is 25.1 Å². The van der Waals surface area contributed by atoms with E-state index in [1.54, 1.807) is 32.4 Å². The van der Waals surface area contributed by atoms with Gasteiger partial charge in [0.05, 0.1) is 16.2 Å². The number of aromatic nitrogens is 3. The molecule has 2 heterocycles. The second kappa shape index (κ2) is 7.02. The number of nitrogens with one attached hydrogen (secondary N) is 1. The molecular formula is C20H21ClN4O. The Labute approximate surface area is 157 Å². The van der Waals surface area contributed by atoms with Crippen LogP contribution in [0.3, 0.4) is 0 Å². The first-order chi connectivity index (χ1) is 12.3. The summed E-state index contributed by atoms with van der Waals surface area (Å²) in [5.41, 5.74) is 3.41. The van der Waals surface area contributed by atoms with E-state index in [-0.39, 0.29) is 0 Å². The summed E-state index contributed by atoms with van der Waals surface area (Å²) in [6, 6.07) is 5.92. The van der Waals surface area contributed by atoms with Gasteiger partial charge in [0, 0.05) is 36.1 Å². The van der Waals surface area contributed by atoms with Crippen molar-refractivity contribution < 1.29 is 5.11 Å². The zero-order chi connectivity index (χ0) is 18.9. The summed E-state index contributed by atoms with van der Waals surface area (Å²) in [5, 5.41) is 14.8. The second-order valence-corrected chi connectivity index (χ2v) is 7.29. The quantitative estimate of drug-likeness (QED) is 0.646. The Kier molecular flexibility index (Phi) is 4.94. The third-order valence-electron chi connectivity index (χ3n) is 3.92. The molecule has 0 aliphatic heterocycles. The molecule has 0 amide bonds. The molecule has 3 rings (SSSR count). The fourth-order valence-electron chi connectivity index (χ4n) is 2.56. The molecule has 0 radical (unpaired) electrons. The first-order valence-electron chi connectivity index (χ1n) is 8.27. The van der Waals surface area contributed by atoms with Crippen LogP contribution in [0.25, 0.3) is 22.0 Å². The van der Waals surface area contributed by atoms with Crippen LogP contribution in [0, 0.1) is 0 Å². The van der Waals surface area contributed by atoms with Gasteiger partial charge in [-0.15, -0.1) is 0 Å². The van der Waals surface area contributed by atoms with Gasteiger partial charge in [-0.2, -0.15) is 0 Å². The van der Waals surface area contributed by atoms with Gasteiger partial charge in [0.15, 0.2) is 5.82 Å². The zero-order valence-electron chi connectivity index (χ0n) is 15.0. The average Bonchev–Trinajstić information content (AvgIpc) is 2.59. The third kappa shape index (κ3) is 3.84. The standard InChI is InChI=1S/C20H21ClN4O/c1-12(2)8-23-18-15-7-13(5-6-17(15)22-11-16(18)21)14-9-24-19(25-10-14)20(3,4)26/h5-7,9-11,26H,1,8H2,2-4H3,(H,22,23). The van der Waals surface area contributed by atoms with Crippen molar-refractivity contribution in [2.24, 2.45) is 0 Å². The fraction of sp³-hybridized carbons (Fsp3) is 0.250. The van der Waals surface area contributed by atoms with E-state index < -0.39 is 5.60 Å². The van der Waals surface area contributed by atoms with Gasteiger partial charge in [-0.3, -0.25) is 4.98 Å². The smallest absolute Gasteiger partial charge is 0.159 e. The predicted octanol–water partition coefficient (Wildman–Crippen LogP) is 4.56. The van der Waals surface area contributed by atoms with Crippen LogP contribution in [0.4, 0.5) is 5.69 Å². The molecule has 0 spiro atoms. The molecule has 3 aromatic rings. The summed E-state index contributed by atoms with van der Waals surface area (Å²) in [6.45, 7) is 9.82. The Morgan fingerprint density at radius 2 is 1.85 bits per heavy atom. The molecule has 134 valence electrons. The van der Waals surface area contributed by atoms with E-state index in [1.165, 1.54) is 0 Å². The highest BCUT2D eigenvalue weighted by Crippen LogP contribution is 2.33. The molecule has 0 aliphatic carbocycles. The van der Waals surface area contributed by atoms with E-state index in [2.05, 4.69) is 26.8 Å². The average molecular weight is 369 g/mol. The van der Waals surface area contributed by atoms with Crippen molar-refractivity contribution >= 4 is 28.2 Å². The molecule has 1 aromatic carbocycles. The summed E-state index contributed by atoms with van der Waals surface area (Å²) in [6.07, 6.45) is 5.06. The van der Waals surface area contributed by atoms with Gasteiger partial charge in [-0.1, -0.05) is 29.8 Å². The number of hydrogen-bond donors (Lipinski definition) is 2. The minimum absolute atomic E-state index is 0.385. The molecule has 2 N–H and O–H groups in total. The number of fused-ring (bicyclic) bond motifs is 1. The summed E-state index contributed by atoms with van der Waals surface area (Å²) in [5.74, 6) is 0.385. The lowest BCUT2D eigenvalue weighted by molar-refractivity contribution is 0.0687. The summed E-state index contributed by atoms with van der Waals surface area (Å²) in [4.78, 5) is 12.9. The number of pyridine rings is 1. The molecule has 0 unspecified atom stereocenters. The molecular weight excluding hydrogens is 348 g/mol. The van der Waals surface area contributed by atoms with Crippen LogP contribution in [0.1, 0.15) is 26.6 Å². The zero-order valence-corrected chi connectivity index (χ0v) is 15.8. The largest absolute Gasteiger partial charge is 0.382 e. The lowest BCUT2D eigenvalue weighted by Gasteiger charge is -2.15. The van der Waals surface area contributed by atoms with Crippen molar-refractivity contribution in [3.63, 3.8) is 0 Å². The first kappa shape index (κ1) is 18.3. The maximum atomic E-state index is 10.00. The van der Waals surface area contributed by atoms with Crippen LogP contribution >= 0.6 is 11.6 Å². The predicted molar refractivity (Wildman–Crippen MR) is 106 cm³/mol. The molecule has 26 heavy (non-hydrogen) atoms.